The molecule has 0 N–H and O–H groups in total. The van der Waals surface area contributed by atoms with Crippen LogP contribution in [0, 0.1) is 6.92 Å². The van der Waals surface area contributed by atoms with Gasteiger partial charge >= 0.3 is 11.9 Å². The molecular weight excluding hydrogens is 507 g/mol. The molecule has 7 nitrogen and oxygen atoms in total. The fourth-order valence-electron chi connectivity index (χ4n) is 4.35. The van der Waals surface area contributed by atoms with Crippen molar-refractivity contribution in [1.82, 2.24) is 24.4 Å². The second-order valence-corrected chi connectivity index (χ2v) is 9.27. The molecule has 0 spiro atoms. The molecular formula is C29H24F3N5O2. The molecule has 0 saturated heterocycles. The molecule has 5 aromatic rings. The van der Waals surface area contributed by atoms with Gasteiger partial charge < -0.3 is 0 Å². The third kappa shape index (κ3) is 5.22. The van der Waals surface area contributed by atoms with E-state index in [1.807, 2.05) is 50.2 Å². The molecule has 2 aromatic carbocycles. The Labute approximate surface area is 221 Å². The molecule has 0 amide bonds. The lowest BCUT2D eigenvalue weighted by molar-refractivity contribution is -0.141. The van der Waals surface area contributed by atoms with Gasteiger partial charge in [-0.2, -0.15) is 22.8 Å². The van der Waals surface area contributed by atoms with E-state index in [4.69, 9.17) is 0 Å². The van der Waals surface area contributed by atoms with Crippen molar-refractivity contribution < 1.29 is 18.0 Å². The normalized spacial score (nSPS) is 11.7. The third-order valence-corrected chi connectivity index (χ3v) is 6.40. The van der Waals surface area contributed by atoms with Gasteiger partial charge in [-0.25, -0.2) is 9.48 Å². The van der Waals surface area contributed by atoms with Crippen LogP contribution in [0.2, 0.25) is 0 Å². The number of aromatic nitrogens is 5. The minimum atomic E-state index is -4.56. The summed E-state index contributed by atoms with van der Waals surface area (Å²) in [5.74, 6) is 0.0494. The van der Waals surface area contributed by atoms with E-state index in [2.05, 4.69) is 15.2 Å². The van der Waals surface area contributed by atoms with Crippen molar-refractivity contribution in [2.45, 2.75) is 39.4 Å². The minimum Gasteiger partial charge on any atom is -0.294 e. The van der Waals surface area contributed by atoms with Gasteiger partial charge in [0.2, 0.25) is 0 Å². The van der Waals surface area contributed by atoms with Crippen LogP contribution in [0.4, 0.5) is 13.2 Å². The molecule has 3 heterocycles. The van der Waals surface area contributed by atoms with Crippen molar-refractivity contribution >= 4 is 11.4 Å². The number of hydrogen-bond acceptors (Lipinski definition) is 5. The summed E-state index contributed by atoms with van der Waals surface area (Å²) >= 11 is 0. The Morgan fingerprint density at radius 1 is 0.923 bits per heavy atom. The second kappa shape index (κ2) is 10.3. The number of alkyl halides is 3. The number of fused-ring (bicyclic) bond motifs is 1. The fraction of sp³-hybridized carbons (Fsp3) is 0.207. The van der Waals surface area contributed by atoms with Gasteiger partial charge in [0.05, 0.1) is 12.7 Å². The first-order chi connectivity index (χ1) is 18.7. The monoisotopic (exact) mass is 531 g/mol. The molecule has 5 rings (SSSR count). The molecule has 0 aliphatic heterocycles. The van der Waals surface area contributed by atoms with Crippen LogP contribution in [-0.4, -0.2) is 30.2 Å². The first kappa shape index (κ1) is 26.0. The van der Waals surface area contributed by atoms with Gasteiger partial charge in [0, 0.05) is 29.3 Å². The Kier molecular flexibility index (Phi) is 6.86. The van der Waals surface area contributed by atoms with E-state index < -0.39 is 17.6 Å². The Balaban J connectivity index is 1.63. The number of Topliss-reactive ketones (excluding diaryl/α,β-unsaturated/α-hetero) is 1. The zero-order valence-electron chi connectivity index (χ0n) is 21.2. The smallest absolute Gasteiger partial charge is 0.294 e. The number of ketones is 1. The maximum atomic E-state index is 13.2. The number of hydrogen-bond donors (Lipinski definition) is 0. The van der Waals surface area contributed by atoms with Gasteiger partial charge in [-0.15, -0.1) is 5.10 Å². The highest BCUT2D eigenvalue weighted by atomic mass is 19.4. The largest absolute Gasteiger partial charge is 0.433 e. The molecule has 0 atom stereocenters. The van der Waals surface area contributed by atoms with E-state index in [0.29, 0.717) is 23.1 Å². The lowest BCUT2D eigenvalue weighted by Gasteiger charge is -2.11. The van der Waals surface area contributed by atoms with Gasteiger partial charge in [0.15, 0.2) is 11.4 Å². The highest BCUT2D eigenvalue weighted by Crippen LogP contribution is 2.34. The third-order valence-electron chi connectivity index (χ3n) is 6.40. The van der Waals surface area contributed by atoms with Crippen LogP contribution in [0.3, 0.4) is 0 Å². The van der Waals surface area contributed by atoms with Gasteiger partial charge in [-0.05, 0) is 36.1 Å². The van der Waals surface area contributed by atoms with E-state index in [1.165, 1.54) is 10.6 Å². The SMILES string of the molecule is CCCC(=O)c1ccc(-c2c(-c3ccc(C)cc3)cnn3c(=O)n(Cc4ccc(C(F)(F)F)nc4)nc23)cc1. The van der Waals surface area contributed by atoms with Crippen LogP contribution in [0.15, 0.2) is 77.9 Å². The molecule has 0 radical (unpaired) electrons. The molecule has 39 heavy (non-hydrogen) atoms. The summed E-state index contributed by atoms with van der Waals surface area (Å²) in [6.07, 6.45) is -0.683. The van der Waals surface area contributed by atoms with Crippen LogP contribution in [-0.2, 0) is 12.7 Å². The van der Waals surface area contributed by atoms with Crippen molar-refractivity contribution in [2.24, 2.45) is 0 Å². The second-order valence-electron chi connectivity index (χ2n) is 9.27. The number of aryl methyl sites for hydroxylation is 1. The summed E-state index contributed by atoms with van der Waals surface area (Å²) in [6.45, 7) is 3.84. The number of nitrogens with zero attached hydrogens (tertiary/aromatic N) is 5. The number of carbonyl (C=O) groups excluding carboxylic acids is 1. The molecule has 0 fully saturated rings. The van der Waals surface area contributed by atoms with Crippen molar-refractivity contribution in [1.29, 1.82) is 0 Å². The highest BCUT2D eigenvalue weighted by Gasteiger charge is 2.32. The average molecular weight is 532 g/mol. The first-order valence-electron chi connectivity index (χ1n) is 12.4. The number of benzene rings is 2. The van der Waals surface area contributed by atoms with Crippen molar-refractivity contribution in [3.8, 4) is 22.3 Å². The Morgan fingerprint density at radius 2 is 1.62 bits per heavy atom. The van der Waals surface area contributed by atoms with Crippen molar-refractivity contribution in [3.63, 3.8) is 0 Å². The molecule has 198 valence electrons. The number of halogens is 3. The summed E-state index contributed by atoms with van der Waals surface area (Å²) in [5, 5.41) is 8.88. The van der Waals surface area contributed by atoms with Crippen LogP contribution in [0.5, 0.6) is 0 Å². The van der Waals surface area contributed by atoms with E-state index in [-0.39, 0.29) is 18.0 Å². The zero-order valence-corrected chi connectivity index (χ0v) is 21.2. The molecule has 10 heteroatoms. The maximum Gasteiger partial charge on any atom is 0.433 e. The van der Waals surface area contributed by atoms with Gasteiger partial charge in [0.25, 0.3) is 0 Å². The lowest BCUT2D eigenvalue weighted by atomic mass is 9.95. The van der Waals surface area contributed by atoms with E-state index >= 15 is 0 Å². The van der Waals surface area contributed by atoms with Crippen LogP contribution >= 0.6 is 0 Å². The van der Waals surface area contributed by atoms with Gasteiger partial charge in [0.1, 0.15) is 5.69 Å². The Bertz CT molecular complexity index is 1700. The number of rotatable bonds is 7. The Hall–Kier alpha value is -4.60. The predicted molar refractivity (Wildman–Crippen MR) is 140 cm³/mol. The lowest BCUT2D eigenvalue weighted by Crippen LogP contribution is -2.23. The molecule has 0 aliphatic rings. The number of pyridine rings is 1. The molecule has 0 bridgehead atoms. The average Bonchev–Trinajstić information content (AvgIpc) is 3.23. The van der Waals surface area contributed by atoms with Crippen molar-refractivity contribution in [3.05, 3.63) is 106 Å². The van der Waals surface area contributed by atoms with Gasteiger partial charge in [-0.1, -0.05) is 67.1 Å². The topological polar surface area (TPSA) is 82.2 Å². The summed E-state index contributed by atoms with van der Waals surface area (Å²) in [6, 6.07) is 17.1. The van der Waals surface area contributed by atoms with E-state index in [9.17, 15) is 22.8 Å². The molecule has 3 aromatic heterocycles. The summed E-state index contributed by atoms with van der Waals surface area (Å²) < 4.78 is 41.0. The Morgan fingerprint density at radius 3 is 2.23 bits per heavy atom. The molecule has 0 aliphatic carbocycles. The predicted octanol–water partition coefficient (Wildman–Crippen LogP) is 5.98. The molecule has 0 saturated carbocycles. The summed E-state index contributed by atoms with van der Waals surface area (Å²) in [4.78, 5) is 29.1. The number of carbonyl (C=O) groups is 1. The first-order valence-corrected chi connectivity index (χ1v) is 12.4. The van der Waals surface area contributed by atoms with E-state index in [0.717, 1.165) is 45.6 Å². The van der Waals surface area contributed by atoms with Crippen LogP contribution < -0.4 is 5.69 Å². The summed E-state index contributed by atoms with van der Waals surface area (Å²) in [5.41, 5.74) is 3.77. The van der Waals surface area contributed by atoms with Crippen molar-refractivity contribution in [2.75, 3.05) is 0 Å². The fourth-order valence-corrected chi connectivity index (χ4v) is 4.35. The van der Waals surface area contributed by atoms with Crippen LogP contribution in [0.1, 0.15) is 46.9 Å². The minimum absolute atomic E-state index is 0.0494. The maximum absolute atomic E-state index is 13.2. The summed E-state index contributed by atoms with van der Waals surface area (Å²) in [7, 11) is 0. The highest BCUT2D eigenvalue weighted by molar-refractivity contribution is 5.97. The molecule has 0 unspecified atom stereocenters. The van der Waals surface area contributed by atoms with E-state index in [1.54, 1.807) is 18.3 Å². The van der Waals surface area contributed by atoms with Gasteiger partial charge in [-0.3, -0.25) is 9.78 Å². The zero-order chi connectivity index (χ0) is 27.7. The van der Waals surface area contributed by atoms with Crippen LogP contribution in [0.25, 0.3) is 27.9 Å². The standard InChI is InChI=1S/C29H24F3N5O2/c1-3-4-24(38)21-10-12-22(13-11-21)26-23(20-8-5-18(2)6-9-20)16-34-37-27(26)35-36(28(37)39)17-19-7-14-25(33-15-19)29(30,31)32/h5-16H,3-4,17H2,1-2H3. The quantitative estimate of drug-likeness (QED) is 0.242.